The van der Waals surface area contributed by atoms with Crippen LogP contribution in [0.25, 0.3) is 21.8 Å². The van der Waals surface area contributed by atoms with Crippen molar-refractivity contribution >= 4 is 11.3 Å². The van der Waals surface area contributed by atoms with Gasteiger partial charge in [-0.1, -0.05) is 36.4 Å². The summed E-state index contributed by atoms with van der Waals surface area (Å²) >= 11 is 1.30. The molecular formula is C15H9F2NS. The van der Waals surface area contributed by atoms with E-state index in [0.717, 1.165) is 17.3 Å². The molecule has 19 heavy (non-hydrogen) atoms. The summed E-state index contributed by atoms with van der Waals surface area (Å²) in [6.07, 6.45) is 0. The first-order chi connectivity index (χ1) is 9.25. The largest absolute Gasteiger partial charge is 0.236 e. The highest BCUT2D eigenvalue weighted by molar-refractivity contribution is 7.13. The van der Waals surface area contributed by atoms with Gasteiger partial charge >= 0.3 is 0 Å². The van der Waals surface area contributed by atoms with Gasteiger partial charge in [-0.2, -0.15) is 0 Å². The van der Waals surface area contributed by atoms with Crippen molar-refractivity contribution in [1.29, 1.82) is 0 Å². The number of benzene rings is 2. The SMILES string of the molecule is Fc1cccc(-c2nc(-c3ccccc3)cs2)c1F. The normalized spacial score (nSPS) is 10.6. The van der Waals surface area contributed by atoms with Gasteiger partial charge in [-0.3, -0.25) is 0 Å². The van der Waals surface area contributed by atoms with E-state index in [4.69, 9.17) is 0 Å². The Labute approximate surface area is 113 Å². The standard InChI is InChI=1S/C15H9F2NS/c16-12-8-4-7-11(14(12)17)15-18-13(9-19-15)10-5-2-1-3-6-10/h1-9H. The predicted octanol–water partition coefficient (Wildman–Crippen LogP) is 4.76. The van der Waals surface area contributed by atoms with Crippen molar-refractivity contribution < 1.29 is 8.78 Å². The fourth-order valence-corrected chi connectivity index (χ4v) is 2.66. The molecule has 1 nitrogen and oxygen atoms in total. The summed E-state index contributed by atoms with van der Waals surface area (Å²) in [4.78, 5) is 4.36. The molecule has 4 heteroatoms. The summed E-state index contributed by atoms with van der Waals surface area (Å²) in [6, 6.07) is 13.7. The third-order valence-corrected chi connectivity index (χ3v) is 3.63. The van der Waals surface area contributed by atoms with Gasteiger partial charge in [0.2, 0.25) is 0 Å². The third-order valence-electron chi connectivity index (χ3n) is 2.76. The molecule has 0 N–H and O–H groups in total. The number of hydrogen-bond donors (Lipinski definition) is 0. The van der Waals surface area contributed by atoms with Gasteiger partial charge in [0.05, 0.1) is 5.69 Å². The first-order valence-electron chi connectivity index (χ1n) is 5.71. The summed E-state index contributed by atoms with van der Waals surface area (Å²) in [6.45, 7) is 0. The van der Waals surface area contributed by atoms with Gasteiger partial charge in [-0.05, 0) is 12.1 Å². The van der Waals surface area contributed by atoms with E-state index >= 15 is 0 Å². The Morgan fingerprint density at radius 1 is 0.895 bits per heavy atom. The molecule has 0 fully saturated rings. The number of nitrogens with zero attached hydrogens (tertiary/aromatic N) is 1. The fourth-order valence-electron chi connectivity index (χ4n) is 1.81. The zero-order valence-corrected chi connectivity index (χ0v) is 10.6. The van der Waals surface area contributed by atoms with Crippen molar-refractivity contribution in [2.24, 2.45) is 0 Å². The molecule has 0 spiro atoms. The smallest absolute Gasteiger partial charge is 0.169 e. The Hall–Kier alpha value is -2.07. The molecule has 94 valence electrons. The molecule has 0 aliphatic heterocycles. The van der Waals surface area contributed by atoms with Crippen LogP contribution in [0.15, 0.2) is 53.9 Å². The number of thiazole rings is 1. The molecule has 2 aromatic carbocycles. The third kappa shape index (κ3) is 2.27. The van der Waals surface area contributed by atoms with Crippen molar-refractivity contribution in [2.75, 3.05) is 0 Å². The maximum absolute atomic E-state index is 13.7. The van der Waals surface area contributed by atoms with E-state index in [1.807, 2.05) is 35.7 Å². The van der Waals surface area contributed by atoms with Crippen LogP contribution >= 0.6 is 11.3 Å². The molecule has 0 radical (unpaired) electrons. The summed E-state index contributed by atoms with van der Waals surface area (Å²) in [5, 5.41) is 2.32. The van der Waals surface area contributed by atoms with Crippen LogP contribution in [0, 0.1) is 11.6 Å². The fraction of sp³-hybridized carbons (Fsp3) is 0. The number of halogens is 2. The Balaban J connectivity index is 2.05. The maximum atomic E-state index is 13.7. The Kier molecular flexibility index (Phi) is 3.09. The molecule has 0 unspecified atom stereocenters. The lowest BCUT2D eigenvalue weighted by Crippen LogP contribution is -1.88. The zero-order valence-electron chi connectivity index (χ0n) is 9.81. The van der Waals surface area contributed by atoms with Gasteiger partial charge in [-0.25, -0.2) is 13.8 Å². The minimum absolute atomic E-state index is 0.201. The van der Waals surface area contributed by atoms with Gasteiger partial charge in [-0.15, -0.1) is 11.3 Å². The molecule has 0 amide bonds. The summed E-state index contributed by atoms with van der Waals surface area (Å²) in [5.41, 5.74) is 1.93. The van der Waals surface area contributed by atoms with Crippen LogP contribution < -0.4 is 0 Å². The van der Waals surface area contributed by atoms with E-state index in [-0.39, 0.29) is 5.56 Å². The second-order valence-corrected chi connectivity index (χ2v) is 4.86. The van der Waals surface area contributed by atoms with E-state index in [1.54, 1.807) is 0 Å². The summed E-state index contributed by atoms with van der Waals surface area (Å²) in [5.74, 6) is -1.70. The molecule has 1 aromatic heterocycles. The number of aromatic nitrogens is 1. The molecule has 0 saturated carbocycles. The van der Waals surface area contributed by atoms with Crippen LogP contribution in [0.2, 0.25) is 0 Å². The average molecular weight is 273 g/mol. The van der Waals surface area contributed by atoms with Crippen molar-refractivity contribution in [2.45, 2.75) is 0 Å². The Bertz CT molecular complexity index is 707. The zero-order chi connectivity index (χ0) is 13.2. The molecule has 3 rings (SSSR count). The van der Waals surface area contributed by atoms with E-state index in [2.05, 4.69) is 4.98 Å². The molecular weight excluding hydrogens is 264 g/mol. The van der Waals surface area contributed by atoms with Gasteiger partial charge < -0.3 is 0 Å². The lowest BCUT2D eigenvalue weighted by atomic mass is 10.2. The monoisotopic (exact) mass is 273 g/mol. The van der Waals surface area contributed by atoms with Gasteiger partial charge in [0.25, 0.3) is 0 Å². The average Bonchev–Trinajstić information content (AvgIpc) is 2.92. The Morgan fingerprint density at radius 3 is 2.47 bits per heavy atom. The quantitative estimate of drug-likeness (QED) is 0.656. The van der Waals surface area contributed by atoms with Crippen molar-refractivity contribution in [3.05, 3.63) is 65.5 Å². The van der Waals surface area contributed by atoms with Crippen LogP contribution in [-0.2, 0) is 0 Å². The van der Waals surface area contributed by atoms with E-state index in [1.165, 1.54) is 23.5 Å². The molecule has 0 saturated heterocycles. The number of hydrogen-bond acceptors (Lipinski definition) is 2. The van der Waals surface area contributed by atoms with Gasteiger partial charge in [0.1, 0.15) is 5.01 Å². The van der Waals surface area contributed by atoms with Crippen LogP contribution in [-0.4, -0.2) is 4.98 Å². The number of rotatable bonds is 2. The highest BCUT2D eigenvalue weighted by Gasteiger charge is 2.13. The van der Waals surface area contributed by atoms with E-state index in [0.29, 0.717) is 5.01 Å². The van der Waals surface area contributed by atoms with Gasteiger partial charge in [0.15, 0.2) is 11.6 Å². The van der Waals surface area contributed by atoms with Crippen molar-refractivity contribution in [3.8, 4) is 21.8 Å². The Morgan fingerprint density at radius 2 is 1.68 bits per heavy atom. The van der Waals surface area contributed by atoms with Crippen molar-refractivity contribution in [3.63, 3.8) is 0 Å². The van der Waals surface area contributed by atoms with Crippen LogP contribution in [0.1, 0.15) is 0 Å². The predicted molar refractivity (Wildman–Crippen MR) is 72.9 cm³/mol. The van der Waals surface area contributed by atoms with Crippen molar-refractivity contribution in [1.82, 2.24) is 4.98 Å². The second kappa shape index (κ2) is 4.90. The highest BCUT2D eigenvalue weighted by atomic mass is 32.1. The lowest BCUT2D eigenvalue weighted by Gasteiger charge is -1.99. The van der Waals surface area contributed by atoms with Gasteiger partial charge in [0, 0.05) is 16.5 Å². The van der Waals surface area contributed by atoms with Crippen LogP contribution in [0.4, 0.5) is 8.78 Å². The topological polar surface area (TPSA) is 12.9 Å². The summed E-state index contributed by atoms with van der Waals surface area (Å²) in [7, 11) is 0. The van der Waals surface area contributed by atoms with Crippen LogP contribution in [0.3, 0.4) is 0 Å². The minimum atomic E-state index is -0.853. The first-order valence-corrected chi connectivity index (χ1v) is 6.59. The molecule has 3 aromatic rings. The first kappa shape index (κ1) is 12.0. The molecule has 1 heterocycles. The molecule has 0 aliphatic rings. The van der Waals surface area contributed by atoms with E-state index < -0.39 is 11.6 Å². The minimum Gasteiger partial charge on any atom is -0.236 e. The lowest BCUT2D eigenvalue weighted by molar-refractivity contribution is 0.511. The molecule has 0 atom stereocenters. The maximum Gasteiger partial charge on any atom is 0.169 e. The highest BCUT2D eigenvalue weighted by Crippen LogP contribution is 2.30. The van der Waals surface area contributed by atoms with Crippen LogP contribution in [0.5, 0.6) is 0 Å². The molecule has 0 aliphatic carbocycles. The second-order valence-electron chi connectivity index (χ2n) is 4.01. The summed E-state index contributed by atoms with van der Waals surface area (Å²) < 4.78 is 26.9. The molecule has 0 bridgehead atoms. The van der Waals surface area contributed by atoms with E-state index in [9.17, 15) is 8.78 Å².